The molecule has 2 N–H and O–H groups in total. The normalized spacial score (nSPS) is 26.2. The summed E-state index contributed by atoms with van der Waals surface area (Å²) in [5, 5.41) is 13.4. The number of nitrogens with one attached hydrogen (secondary N) is 1. The van der Waals surface area contributed by atoms with Gasteiger partial charge in [0.1, 0.15) is 5.69 Å². The van der Waals surface area contributed by atoms with Gasteiger partial charge in [0.2, 0.25) is 5.91 Å². The van der Waals surface area contributed by atoms with Crippen LogP contribution in [0.2, 0.25) is 0 Å². The van der Waals surface area contributed by atoms with Crippen molar-refractivity contribution < 1.29 is 14.7 Å². The first-order valence-electron chi connectivity index (χ1n) is 11.4. The Morgan fingerprint density at radius 1 is 1.27 bits per heavy atom. The summed E-state index contributed by atoms with van der Waals surface area (Å²) in [6, 6.07) is 2.48. The molecule has 3 aliphatic rings. The number of aliphatic hydroxyl groups is 1. The molecule has 2 fully saturated rings. The molecular weight excluding hydrogens is 422 g/mol. The highest BCUT2D eigenvalue weighted by atomic mass is 16.3. The van der Waals surface area contributed by atoms with E-state index in [1.807, 2.05) is 13.0 Å². The standard InChI is InChI=1S/C24H27N5O4/c1-2-4-14-7-8-18-21-20(22(31)27-15-5-3-6-15)16(13-30)19(12-28(18)23(14)32)29(21)24(33)17-11-25-9-10-26-17/h2,4,7-11,15-16,19-21,30H,3,5-6,12-13H2,1H3,(H,27,31)/b4-2-/t16-,19-,20+,21+/m0/s1. The van der Waals surface area contributed by atoms with Gasteiger partial charge >= 0.3 is 0 Å². The van der Waals surface area contributed by atoms with Crippen LogP contribution in [-0.2, 0) is 11.3 Å². The summed E-state index contributed by atoms with van der Waals surface area (Å²) in [4.78, 5) is 50.0. The van der Waals surface area contributed by atoms with Gasteiger partial charge in [0.15, 0.2) is 0 Å². The van der Waals surface area contributed by atoms with Crippen LogP contribution in [0.15, 0.2) is 41.6 Å². The van der Waals surface area contributed by atoms with E-state index in [1.165, 1.54) is 18.6 Å². The highest BCUT2D eigenvalue weighted by Crippen LogP contribution is 2.49. The fourth-order valence-electron chi connectivity index (χ4n) is 5.40. The van der Waals surface area contributed by atoms with Gasteiger partial charge in [-0.15, -0.1) is 0 Å². The molecule has 9 nitrogen and oxygen atoms in total. The second-order valence-electron chi connectivity index (χ2n) is 8.95. The summed E-state index contributed by atoms with van der Waals surface area (Å²) >= 11 is 0. The Kier molecular flexibility index (Phi) is 5.57. The molecule has 0 radical (unpaired) electrons. The van der Waals surface area contributed by atoms with E-state index in [-0.39, 0.29) is 42.3 Å². The molecule has 2 aliphatic heterocycles. The van der Waals surface area contributed by atoms with Gasteiger partial charge < -0.3 is 19.9 Å². The van der Waals surface area contributed by atoms with E-state index in [0.29, 0.717) is 11.3 Å². The predicted octanol–water partition coefficient (Wildman–Crippen LogP) is 1.14. The molecule has 2 aromatic rings. The summed E-state index contributed by atoms with van der Waals surface area (Å²) in [6.07, 6.45) is 10.8. The molecule has 0 unspecified atom stereocenters. The first-order valence-corrected chi connectivity index (χ1v) is 11.4. The molecule has 9 heteroatoms. The van der Waals surface area contributed by atoms with Crippen LogP contribution in [0.1, 0.15) is 54.0 Å². The second-order valence-corrected chi connectivity index (χ2v) is 8.95. The number of hydrogen-bond acceptors (Lipinski definition) is 6. The Hall–Kier alpha value is -3.33. The van der Waals surface area contributed by atoms with Gasteiger partial charge in [0, 0.05) is 48.8 Å². The minimum absolute atomic E-state index is 0.126. The maximum Gasteiger partial charge on any atom is 0.274 e. The van der Waals surface area contributed by atoms with E-state index in [0.717, 1.165) is 19.3 Å². The average molecular weight is 450 g/mol. The number of carbonyl (C=O) groups is 2. The zero-order valence-electron chi connectivity index (χ0n) is 18.4. The summed E-state index contributed by atoms with van der Waals surface area (Å²) in [7, 11) is 0. The third kappa shape index (κ3) is 3.47. The first kappa shape index (κ1) is 21.5. The van der Waals surface area contributed by atoms with Crippen molar-refractivity contribution in [1.82, 2.24) is 24.8 Å². The Bertz CT molecular complexity index is 1160. The number of pyridine rings is 1. The zero-order valence-corrected chi connectivity index (χ0v) is 18.4. The van der Waals surface area contributed by atoms with E-state index < -0.39 is 23.9 Å². The molecular formula is C24H27N5O4. The number of fused-ring (bicyclic) bond motifs is 4. The quantitative estimate of drug-likeness (QED) is 0.707. The summed E-state index contributed by atoms with van der Waals surface area (Å²) < 4.78 is 1.66. The summed E-state index contributed by atoms with van der Waals surface area (Å²) in [5.74, 6) is -1.70. The van der Waals surface area contributed by atoms with E-state index >= 15 is 0 Å². The number of nitrogens with zero attached hydrogens (tertiary/aromatic N) is 4. The molecule has 4 atom stereocenters. The van der Waals surface area contributed by atoms with Gasteiger partial charge in [-0.1, -0.05) is 12.2 Å². The van der Waals surface area contributed by atoms with Gasteiger partial charge in [-0.3, -0.25) is 19.4 Å². The lowest BCUT2D eigenvalue weighted by molar-refractivity contribution is -0.128. The largest absolute Gasteiger partial charge is 0.396 e. The van der Waals surface area contributed by atoms with Gasteiger partial charge in [-0.2, -0.15) is 0 Å². The van der Waals surface area contributed by atoms with Crippen molar-refractivity contribution in [2.45, 2.75) is 50.9 Å². The Morgan fingerprint density at radius 3 is 2.73 bits per heavy atom. The molecule has 1 aliphatic carbocycles. The molecule has 4 heterocycles. The topological polar surface area (TPSA) is 117 Å². The highest BCUT2D eigenvalue weighted by Gasteiger charge is 2.58. The van der Waals surface area contributed by atoms with Crippen molar-refractivity contribution in [3.05, 3.63) is 64.1 Å². The predicted molar refractivity (Wildman–Crippen MR) is 120 cm³/mol. The van der Waals surface area contributed by atoms with Gasteiger partial charge in [-0.25, -0.2) is 4.98 Å². The lowest BCUT2D eigenvalue weighted by Crippen LogP contribution is -2.49. The number of allylic oxidation sites excluding steroid dienone is 1. The van der Waals surface area contributed by atoms with E-state index in [2.05, 4.69) is 15.3 Å². The SMILES string of the molecule is C/C=C\c1ccc2n(c1=O)C[C@H]1[C@H](CO)[C@@H](C(=O)NC3CCC3)[C@@H]2N1C(=O)c1cnccn1. The Labute approximate surface area is 191 Å². The third-order valence-electron chi connectivity index (χ3n) is 7.19. The Balaban J connectivity index is 1.62. The van der Waals surface area contributed by atoms with Crippen LogP contribution in [0, 0.1) is 11.8 Å². The average Bonchev–Trinajstić information content (AvgIpc) is 3.05. The van der Waals surface area contributed by atoms with E-state index in [4.69, 9.17) is 0 Å². The van der Waals surface area contributed by atoms with Crippen molar-refractivity contribution in [2.75, 3.05) is 6.61 Å². The molecule has 33 heavy (non-hydrogen) atoms. The molecule has 1 saturated carbocycles. The maximum absolute atomic E-state index is 13.6. The number of aromatic nitrogens is 3. The van der Waals surface area contributed by atoms with Crippen molar-refractivity contribution in [2.24, 2.45) is 11.8 Å². The van der Waals surface area contributed by atoms with Crippen LogP contribution in [0.4, 0.5) is 0 Å². The minimum Gasteiger partial charge on any atom is -0.396 e. The van der Waals surface area contributed by atoms with Crippen molar-refractivity contribution >= 4 is 17.9 Å². The van der Waals surface area contributed by atoms with Crippen LogP contribution in [0.25, 0.3) is 6.08 Å². The minimum atomic E-state index is -0.678. The van der Waals surface area contributed by atoms with Crippen LogP contribution in [-0.4, -0.2) is 55.0 Å². The monoisotopic (exact) mass is 449 g/mol. The van der Waals surface area contributed by atoms with Gasteiger partial charge in [0.05, 0.1) is 24.2 Å². The zero-order chi connectivity index (χ0) is 23.1. The number of amides is 2. The van der Waals surface area contributed by atoms with Crippen molar-refractivity contribution in [3.63, 3.8) is 0 Å². The molecule has 0 aromatic carbocycles. The lowest BCUT2D eigenvalue weighted by Gasteiger charge is -2.38. The third-order valence-corrected chi connectivity index (χ3v) is 7.19. The number of rotatable bonds is 5. The summed E-state index contributed by atoms with van der Waals surface area (Å²) in [6.45, 7) is 1.79. The van der Waals surface area contributed by atoms with Gasteiger partial charge in [-0.05, 0) is 38.3 Å². The highest BCUT2D eigenvalue weighted by molar-refractivity contribution is 5.94. The van der Waals surface area contributed by atoms with Crippen molar-refractivity contribution in [3.8, 4) is 0 Å². The Morgan fingerprint density at radius 2 is 2.09 bits per heavy atom. The number of aliphatic hydroxyl groups excluding tert-OH is 1. The fourth-order valence-corrected chi connectivity index (χ4v) is 5.40. The molecule has 1 saturated heterocycles. The molecule has 2 bridgehead atoms. The molecule has 2 aromatic heterocycles. The van der Waals surface area contributed by atoms with Gasteiger partial charge in [0.25, 0.3) is 11.5 Å². The number of hydrogen-bond donors (Lipinski definition) is 2. The smallest absolute Gasteiger partial charge is 0.274 e. The van der Waals surface area contributed by atoms with Crippen LogP contribution >= 0.6 is 0 Å². The van der Waals surface area contributed by atoms with Crippen LogP contribution in [0.3, 0.4) is 0 Å². The molecule has 0 spiro atoms. The number of carbonyl (C=O) groups excluding carboxylic acids is 2. The van der Waals surface area contributed by atoms with E-state index in [1.54, 1.807) is 27.7 Å². The molecule has 2 amide bonds. The summed E-state index contributed by atoms with van der Waals surface area (Å²) in [5.41, 5.74) is 1.16. The molecule has 172 valence electrons. The lowest BCUT2D eigenvalue weighted by atomic mass is 9.85. The second kappa shape index (κ2) is 8.55. The van der Waals surface area contributed by atoms with Crippen LogP contribution < -0.4 is 10.9 Å². The maximum atomic E-state index is 13.6. The van der Waals surface area contributed by atoms with E-state index in [9.17, 15) is 19.5 Å². The van der Waals surface area contributed by atoms with Crippen molar-refractivity contribution in [1.29, 1.82) is 0 Å². The first-order chi connectivity index (χ1) is 16.0. The molecule has 5 rings (SSSR count). The fraction of sp³-hybridized carbons (Fsp3) is 0.458. The van der Waals surface area contributed by atoms with Crippen LogP contribution in [0.5, 0.6) is 0 Å².